The first kappa shape index (κ1) is 16.5. The summed E-state index contributed by atoms with van der Waals surface area (Å²) in [5.41, 5.74) is 1.92. The molecule has 132 valence electrons. The number of benzene rings is 2. The van der Waals surface area contributed by atoms with Gasteiger partial charge >= 0.3 is 0 Å². The Hall–Kier alpha value is -2.95. The third-order valence-electron chi connectivity index (χ3n) is 4.88. The van der Waals surface area contributed by atoms with Gasteiger partial charge in [0.15, 0.2) is 0 Å². The Morgan fingerprint density at radius 3 is 2.08 bits per heavy atom. The fourth-order valence-corrected chi connectivity index (χ4v) is 3.62. The maximum Gasteiger partial charge on any atom is 0.282 e. The zero-order valence-electron chi connectivity index (χ0n) is 14.3. The van der Waals surface area contributed by atoms with Gasteiger partial charge in [-0.15, -0.1) is 0 Å². The number of likely N-dealkylation sites (tertiary alicyclic amines) is 1. The van der Waals surface area contributed by atoms with Crippen LogP contribution in [0.5, 0.6) is 0 Å². The number of hydrogen-bond donors (Lipinski definition) is 0. The van der Waals surface area contributed by atoms with Crippen LogP contribution in [0.1, 0.15) is 24.8 Å². The minimum absolute atomic E-state index is 0.303. The SMILES string of the molecule is O=C1C(c2ccc(F)cc2)=C(N2CCCCC2)C(=O)N1c1ccccc1. The van der Waals surface area contributed by atoms with Gasteiger partial charge in [0.25, 0.3) is 11.8 Å². The van der Waals surface area contributed by atoms with E-state index in [1.807, 2.05) is 11.0 Å². The number of anilines is 1. The van der Waals surface area contributed by atoms with Gasteiger partial charge in [0.05, 0.1) is 11.3 Å². The van der Waals surface area contributed by atoms with Crippen LogP contribution in [0.25, 0.3) is 5.57 Å². The van der Waals surface area contributed by atoms with E-state index in [9.17, 15) is 14.0 Å². The van der Waals surface area contributed by atoms with Crippen LogP contribution >= 0.6 is 0 Å². The summed E-state index contributed by atoms with van der Waals surface area (Å²) in [6.07, 6.45) is 3.11. The van der Waals surface area contributed by atoms with Crippen molar-refractivity contribution in [3.05, 3.63) is 71.7 Å². The summed E-state index contributed by atoms with van der Waals surface area (Å²) in [5, 5.41) is 0. The first-order chi connectivity index (χ1) is 12.7. The number of para-hydroxylation sites is 1. The van der Waals surface area contributed by atoms with Gasteiger partial charge in [0.1, 0.15) is 11.5 Å². The molecular weight excluding hydrogens is 331 g/mol. The molecule has 4 rings (SSSR count). The largest absolute Gasteiger partial charge is 0.366 e. The van der Waals surface area contributed by atoms with Crippen molar-refractivity contribution in [3.8, 4) is 0 Å². The maximum absolute atomic E-state index is 13.4. The van der Waals surface area contributed by atoms with Crippen molar-refractivity contribution in [3.63, 3.8) is 0 Å². The molecular formula is C21H19FN2O2. The molecule has 0 radical (unpaired) electrons. The third-order valence-corrected chi connectivity index (χ3v) is 4.88. The molecule has 0 atom stereocenters. The molecule has 0 spiro atoms. The van der Waals surface area contributed by atoms with Crippen LogP contribution in [0.4, 0.5) is 10.1 Å². The summed E-state index contributed by atoms with van der Waals surface area (Å²) in [7, 11) is 0. The molecule has 2 aliphatic heterocycles. The van der Waals surface area contributed by atoms with Gasteiger partial charge in [-0.3, -0.25) is 9.59 Å². The number of amides is 2. The molecule has 0 bridgehead atoms. The van der Waals surface area contributed by atoms with Crippen LogP contribution in [0.2, 0.25) is 0 Å². The van der Waals surface area contributed by atoms with Gasteiger partial charge in [-0.05, 0) is 49.1 Å². The molecule has 2 amide bonds. The summed E-state index contributed by atoms with van der Waals surface area (Å²) < 4.78 is 13.4. The average molecular weight is 350 g/mol. The summed E-state index contributed by atoms with van der Waals surface area (Å²) in [5.74, 6) is -1.03. The van der Waals surface area contributed by atoms with E-state index in [0.717, 1.165) is 32.4 Å². The van der Waals surface area contributed by atoms with Crippen LogP contribution in [-0.2, 0) is 9.59 Å². The first-order valence-electron chi connectivity index (χ1n) is 8.86. The number of nitrogens with zero attached hydrogens (tertiary/aromatic N) is 2. The van der Waals surface area contributed by atoms with Gasteiger partial charge in [-0.2, -0.15) is 0 Å². The number of hydrogen-bond acceptors (Lipinski definition) is 3. The number of carbonyl (C=O) groups is 2. The highest BCUT2D eigenvalue weighted by molar-refractivity contribution is 6.45. The minimum Gasteiger partial charge on any atom is -0.366 e. The summed E-state index contributed by atoms with van der Waals surface area (Å²) >= 11 is 0. The summed E-state index contributed by atoms with van der Waals surface area (Å²) in [4.78, 5) is 29.6. The normalized spacial score (nSPS) is 18.0. The second-order valence-corrected chi connectivity index (χ2v) is 6.56. The highest BCUT2D eigenvalue weighted by Crippen LogP contribution is 2.35. The van der Waals surface area contributed by atoms with Crippen LogP contribution in [-0.4, -0.2) is 29.8 Å². The molecule has 0 unspecified atom stereocenters. The monoisotopic (exact) mass is 350 g/mol. The zero-order valence-corrected chi connectivity index (χ0v) is 14.3. The van der Waals surface area contributed by atoms with Crippen molar-refractivity contribution in [2.24, 2.45) is 0 Å². The minimum atomic E-state index is -0.370. The van der Waals surface area contributed by atoms with Crippen molar-refractivity contribution in [1.29, 1.82) is 0 Å². The third kappa shape index (κ3) is 2.79. The van der Waals surface area contributed by atoms with E-state index < -0.39 is 0 Å². The smallest absolute Gasteiger partial charge is 0.282 e. The zero-order chi connectivity index (χ0) is 18.1. The number of carbonyl (C=O) groups excluding carboxylic acids is 2. The van der Waals surface area contributed by atoms with Crippen molar-refractivity contribution in [2.45, 2.75) is 19.3 Å². The molecule has 2 aliphatic rings. The molecule has 1 fully saturated rings. The highest BCUT2D eigenvalue weighted by Gasteiger charge is 2.42. The quantitative estimate of drug-likeness (QED) is 0.794. The number of imide groups is 1. The fraction of sp³-hybridized carbons (Fsp3) is 0.238. The van der Waals surface area contributed by atoms with E-state index in [0.29, 0.717) is 22.5 Å². The van der Waals surface area contributed by atoms with Gasteiger partial charge in [-0.25, -0.2) is 9.29 Å². The van der Waals surface area contributed by atoms with Crippen LogP contribution in [0.3, 0.4) is 0 Å². The molecule has 26 heavy (non-hydrogen) atoms. The lowest BCUT2D eigenvalue weighted by Gasteiger charge is -2.29. The molecule has 0 N–H and O–H groups in total. The summed E-state index contributed by atoms with van der Waals surface area (Å²) in [6.45, 7) is 1.50. The Balaban J connectivity index is 1.83. The number of rotatable bonds is 3. The average Bonchev–Trinajstić information content (AvgIpc) is 2.94. The molecule has 2 aromatic carbocycles. The Bertz CT molecular complexity index is 869. The topological polar surface area (TPSA) is 40.6 Å². The van der Waals surface area contributed by atoms with Gasteiger partial charge in [0, 0.05) is 13.1 Å². The predicted octanol–water partition coefficient (Wildman–Crippen LogP) is 3.60. The Labute approximate surface area is 151 Å². The van der Waals surface area contributed by atoms with E-state index in [-0.39, 0.29) is 17.6 Å². The highest BCUT2D eigenvalue weighted by atomic mass is 19.1. The number of halogens is 1. The lowest BCUT2D eigenvalue weighted by atomic mass is 10.0. The second kappa shape index (κ2) is 6.75. The van der Waals surface area contributed by atoms with E-state index in [2.05, 4.69) is 0 Å². The summed E-state index contributed by atoms with van der Waals surface area (Å²) in [6, 6.07) is 14.7. The lowest BCUT2D eigenvalue weighted by molar-refractivity contribution is -0.120. The lowest BCUT2D eigenvalue weighted by Crippen LogP contribution is -2.37. The Kier molecular flexibility index (Phi) is 4.29. The number of piperidine rings is 1. The van der Waals surface area contributed by atoms with E-state index in [1.54, 1.807) is 36.4 Å². The fourth-order valence-electron chi connectivity index (χ4n) is 3.62. The van der Waals surface area contributed by atoms with E-state index in [1.165, 1.54) is 17.0 Å². The Morgan fingerprint density at radius 1 is 0.769 bits per heavy atom. The standard InChI is InChI=1S/C21H19FN2O2/c22-16-11-9-15(10-12-16)18-19(23-13-5-2-6-14-23)21(26)24(20(18)25)17-7-3-1-4-8-17/h1,3-4,7-12H,2,5-6,13-14H2. The second-order valence-electron chi connectivity index (χ2n) is 6.56. The molecule has 0 aromatic heterocycles. The molecule has 2 heterocycles. The van der Waals surface area contributed by atoms with Gasteiger partial charge < -0.3 is 4.90 Å². The van der Waals surface area contributed by atoms with Crippen molar-refractivity contribution in [1.82, 2.24) is 4.90 Å². The Morgan fingerprint density at radius 2 is 1.42 bits per heavy atom. The van der Waals surface area contributed by atoms with E-state index in [4.69, 9.17) is 0 Å². The molecule has 0 aliphatic carbocycles. The molecule has 1 saturated heterocycles. The van der Waals surface area contributed by atoms with Crippen LogP contribution < -0.4 is 4.90 Å². The van der Waals surface area contributed by atoms with E-state index >= 15 is 0 Å². The van der Waals surface area contributed by atoms with Crippen LogP contribution in [0, 0.1) is 5.82 Å². The molecule has 0 saturated carbocycles. The van der Waals surface area contributed by atoms with Gasteiger partial charge in [-0.1, -0.05) is 30.3 Å². The van der Waals surface area contributed by atoms with Crippen molar-refractivity contribution < 1.29 is 14.0 Å². The van der Waals surface area contributed by atoms with Crippen LogP contribution in [0.15, 0.2) is 60.3 Å². The molecule has 4 nitrogen and oxygen atoms in total. The predicted molar refractivity (Wildman–Crippen MR) is 97.7 cm³/mol. The van der Waals surface area contributed by atoms with Crippen molar-refractivity contribution >= 4 is 23.1 Å². The maximum atomic E-state index is 13.4. The molecule has 5 heteroatoms. The van der Waals surface area contributed by atoms with Crippen molar-refractivity contribution in [2.75, 3.05) is 18.0 Å². The molecule has 2 aromatic rings. The first-order valence-corrected chi connectivity index (χ1v) is 8.86. The van der Waals surface area contributed by atoms with Gasteiger partial charge in [0.2, 0.25) is 0 Å².